The van der Waals surface area contributed by atoms with Gasteiger partial charge in [-0.1, -0.05) is 37.6 Å². The summed E-state index contributed by atoms with van der Waals surface area (Å²) in [6.45, 7) is 6.07. The van der Waals surface area contributed by atoms with E-state index >= 15 is 0 Å². The van der Waals surface area contributed by atoms with E-state index in [1.54, 1.807) is 44.0 Å². The van der Waals surface area contributed by atoms with Crippen LogP contribution in [0.5, 0.6) is 5.75 Å². The molecule has 1 atom stereocenters. The summed E-state index contributed by atoms with van der Waals surface area (Å²) >= 11 is 6.06. The third-order valence-electron chi connectivity index (χ3n) is 4.97. The smallest absolute Gasteiger partial charge is 0.254 e. The fraction of sp³-hybridized carbons (Fsp3) is 0.381. The molecular weight excluding hydrogens is 412 g/mol. The summed E-state index contributed by atoms with van der Waals surface area (Å²) in [5.74, 6) is -0.0879. The van der Waals surface area contributed by atoms with Crippen LogP contribution in [0.15, 0.2) is 47.4 Å². The average molecular weight is 439 g/mol. The Kier molecular flexibility index (Phi) is 7.68. The number of hydrogen-bond donors (Lipinski definition) is 0. The average Bonchev–Trinajstić information content (AvgIpc) is 2.72. The number of halogens is 1. The Labute approximate surface area is 178 Å². The van der Waals surface area contributed by atoms with Crippen LogP contribution in [-0.2, 0) is 10.0 Å². The molecule has 0 heterocycles. The first-order chi connectivity index (χ1) is 13.7. The second-order valence-corrected chi connectivity index (χ2v) is 8.94. The zero-order valence-corrected chi connectivity index (χ0v) is 18.9. The topological polar surface area (TPSA) is 66.9 Å². The van der Waals surface area contributed by atoms with Crippen LogP contribution in [0.3, 0.4) is 0 Å². The molecule has 2 rings (SSSR count). The van der Waals surface area contributed by atoms with E-state index in [2.05, 4.69) is 0 Å². The molecule has 0 spiro atoms. The molecule has 0 bridgehead atoms. The minimum atomic E-state index is -3.78. The van der Waals surface area contributed by atoms with Gasteiger partial charge in [-0.15, -0.1) is 0 Å². The van der Waals surface area contributed by atoms with Gasteiger partial charge in [0, 0.05) is 30.7 Å². The number of ether oxygens (including phenoxy) is 1. The number of sulfonamides is 1. The highest BCUT2D eigenvalue weighted by molar-refractivity contribution is 7.89. The molecule has 0 fully saturated rings. The summed E-state index contributed by atoms with van der Waals surface area (Å²) in [5, 5.41) is 0.590. The van der Waals surface area contributed by atoms with Gasteiger partial charge in [-0.05, 0) is 42.8 Å². The van der Waals surface area contributed by atoms with Crippen molar-refractivity contribution in [2.24, 2.45) is 0 Å². The van der Waals surface area contributed by atoms with Crippen molar-refractivity contribution in [3.05, 3.63) is 58.6 Å². The Morgan fingerprint density at radius 2 is 1.79 bits per heavy atom. The van der Waals surface area contributed by atoms with Gasteiger partial charge in [0.15, 0.2) is 0 Å². The predicted octanol–water partition coefficient (Wildman–Crippen LogP) is 4.21. The van der Waals surface area contributed by atoms with Gasteiger partial charge in [0.25, 0.3) is 5.91 Å². The molecule has 1 unspecified atom stereocenters. The lowest BCUT2D eigenvalue weighted by Gasteiger charge is -2.26. The lowest BCUT2D eigenvalue weighted by atomic mass is 10.1. The number of amides is 1. The normalized spacial score (nSPS) is 12.7. The largest absolute Gasteiger partial charge is 0.495 e. The van der Waals surface area contributed by atoms with Gasteiger partial charge in [-0.25, -0.2) is 8.42 Å². The van der Waals surface area contributed by atoms with Crippen molar-refractivity contribution in [3.8, 4) is 5.75 Å². The summed E-state index contributed by atoms with van der Waals surface area (Å²) in [7, 11) is -0.698. The number of benzene rings is 2. The molecule has 29 heavy (non-hydrogen) atoms. The maximum absolute atomic E-state index is 13.1. The Hall–Kier alpha value is -2.09. The monoisotopic (exact) mass is 438 g/mol. The minimum Gasteiger partial charge on any atom is -0.495 e. The molecule has 6 nitrogen and oxygen atoms in total. The molecule has 2 aromatic rings. The molecule has 0 saturated heterocycles. The third-order valence-corrected chi connectivity index (χ3v) is 7.27. The van der Waals surface area contributed by atoms with Crippen molar-refractivity contribution < 1.29 is 17.9 Å². The summed E-state index contributed by atoms with van der Waals surface area (Å²) < 4.78 is 32.6. The van der Waals surface area contributed by atoms with E-state index in [0.29, 0.717) is 18.1 Å². The maximum Gasteiger partial charge on any atom is 0.254 e. The minimum absolute atomic E-state index is 0.0154. The van der Waals surface area contributed by atoms with E-state index in [0.717, 1.165) is 5.56 Å². The van der Waals surface area contributed by atoms with Crippen molar-refractivity contribution >= 4 is 27.5 Å². The van der Waals surface area contributed by atoms with Crippen molar-refractivity contribution in [3.63, 3.8) is 0 Å². The Morgan fingerprint density at radius 1 is 1.14 bits per heavy atom. The lowest BCUT2D eigenvalue weighted by molar-refractivity contribution is 0.0742. The maximum atomic E-state index is 13.1. The second-order valence-electron chi connectivity index (χ2n) is 6.60. The van der Waals surface area contributed by atoms with Gasteiger partial charge < -0.3 is 9.64 Å². The number of nitrogens with zero attached hydrogens (tertiary/aromatic N) is 2. The molecule has 0 aliphatic carbocycles. The fourth-order valence-electron chi connectivity index (χ4n) is 3.08. The highest BCUT2D eigenvalue weighted by atomic mass is 35.5. The first kappa shape index (κ1) is 23.2. The molecule has 0 saturated carbocycles. The number of rotatable bonds is 8. The van der Waals surface area contributed by atoms with Crippen molar-refractivity contribution in [2.75, 3.05) is 27.2 Å². The zero-order valence-electron chi connectivity index (χ0n) is 17.3. The van der Waals surface area contributed by atoms with Gasteiger partial charge in [-0.2, -0.15) is 4.31 Å². The number of hydrogen-bond acceptors (Lipinski definition) is 4. The molecule has 8 heteroatoms. The summed E-state index contributed by atoms with van der Waals surface area (Å²) in [6.07, 6.45) is 0. The molecule has 0 radical (unpaired) electrons. The van der Waals surface area contributed by atoms with Crippen LogP contribution >= 0.6 is 11.6 Å². The van der Waals surface area contributed by atoms with Gasteiger partial charge in [0.2, 0.25) is 10.0 Å². The molecular formula is C21H27ClN2O4S. The molecule has 158 valence electrons. The van der Waals surface area contributed by atoms with Crippen LogP contribution in [0.25, 0.3) is 0 Å². The van der Waals surface area contributed by atoms with Crippen LogP contribution in [0.4, 0.5) is 0 Å². The van der Waals surface area contributed by atoms with Crippen LogP contribution in [-0.4, -0.2) is 50.8 Å². The first-order valence-electron chi connectivity index (χ1n) is 9.38. The summed E-state index contributed by atoms with van der Waals surface area (Å²) in [6, 6.07) is 11.5. The van der Waals surface area contributed by atoms with E-state index in [9.17, 15) is 13.2 Å². The van der Waals surface area contributed by atoms with E-state index in [4.69, 9.17) is 16.3 Å². The van der Waals surface area contributed by atoms with E-state index in [1.165, 1.54) is 23.5 Å². The third kappa shape index (κ3) is 4.91. The van der Waals surface area contributed by atoms with Crippen molar-refractivity contribution in [2.45, 2.75) is 31.7 Å². The van der Waals surface area contributed by atoms with Gasteiger partial charge in [0.05, 0.1) is 13.2 Å². The molecule has 0 aromatic heterocycles. The number of carbonyl (C=O) groups excluding carboxylic acids is 1. The fourth-order valence-corrected chi connectivity index (χ4v) is 4.92. The highest BCUT2D eigenvalue weighted by Gasteiger charge is 2.28. The standard InChI is InChI=1S/C21H27ClN2O4S/c1-6-24(7-2)29(26,27)20-14-17(11-12-19(20)28-5)21(25)23(4)15(3)16-9-8-10-18(22)13-16/h8-15H,6-7H2,1-5H3. The van der Waals surface area contributed by atoms with E-state index in [-0.39, 0.29) is 28.2 Å². The lowest BCUT2D eigenvalue weighted by Crippen LogP contribution is -2.32. The molecule has 1 amide bonds. The SMILES string of the molecule is CCN(CC)S(=O)(=O)c1cc(C(=O)N(C)C(C)c2cccc(Cl)c2)ccc1OC. The van der Waals surface area contributed by atoms with Crippen LogP contribution in [0, 0.1) is 0 Å². The highest BCUT2D eigenvalue weighted by Crippen LogP contribution is 2.29. The Balaban J connectivity index is 2.43. The zero-order chi connectivity index (χ0) is 21.8. The number of carbonyl (C=O) groups is 1. The second kappa shape index (κ2) is 9.61. The van der Waals surface area contributed by atoms with Crippen molar-refractivity contribution in [1.82, 2.24) is 9.21 Å². The predicted molar refractivity (Wildman–Crippen MR) is 115 cm³/mol. The number of methoxy groups -OCH3 is 1. The van der Waals surface area contributed by atoms with Crippen molar-refractivity contribution in [1.29, 1.82) is 0 Å². The molecule has 0 aliphatic rings. The summed E-state index contributed by atoms with van der Waals surface area (Å²) in [4.78, 5) is 14.6. The van der Waals surface area contributed by atoms with Crippen LogP contribution in [0.2, 0.25) is 5.02 Å². The Bertz CT molecular complexity index is 974. The summed E-state index contributed by atoms with van der Waals surface area (Å²) in [5.41, 5.74) is 1.16. The molecule has 2 aromatic carbocycles. The van der Waals surface area contributed by atoms with Crippen LogP contribution < -0.4 is 4.74 Å². The molecule has 0 N–H and O–H groups in total. The first-order valence-corrected chi connectivity index (χ1v) is 11.2. The van der Waals surface area contributed by atoms with E-state index in [1.807, 2.05) is 19.1 Å². The van der Waals surface area contributed by atoms with Gasteiger partial charge in [-0.3, -0.25) is 4.79 Å². The van der Waals surface area contributed by atoms with Gasteiger partial charge >= 0.3 is 0 Å². The van der Waals surface area contributed by atoms with Gasteiger partial charge in [0.1, 0.15) is 10.6 Å². The Morgan fingerprint density at radius 3 is 2.34 bits per heavy atom. The quantitative estimate of drug-likeness (QED) is 0.619. The van der Waals surface area contributed by atoms with Crippen LogP contribution in [0.1, 0.15) is 42.7 Å². The molecule has 0 aliphatic heterocycles. The van der Waals surface area contributed by atoms with E-state index < -0.39 is 10.0 Å².